The van der Waals surface area contributed by atoms with Crippen LogP contribution in [0.15, 0.2) is 12.6 Å². The Bertz CT molecular complexity index is 334. The quantitative estimate of drug-likeness (QED) is 0.462. The van der Waals surface area contributed by atoms with Gasteiger partial charge in [0.15, 0.2) is 0 Å². The summed E-state index contributed by atoms with van der Waals surface area (Å²) in [4.78, 5) is 0. The molecule has 0 fully saturated rings. The van der Waals surface area contributed by atoms with E-state index in [1.54, 1.807) is 6.08 Å². The van der Waals surface area contributed by atoms with Crippen LogP contribution < -0.4 is 0 Å². The van der Waals surface area contributed by atoms with Gasteiger partial charge in [0, 0.05) is 3.57 Å². The van der Waals surface area contributed by atoms with Crippen molar-refractivity contribution in [2.75, 3.05) is 0 Å². The molecule has 1 aromatic carbocycles. The first-order valence-corrected chi connectivity index (χ1v) is 6.30. The molecule has 64 valence electrons. The minimum atomic E-state index is 0.367. The lowest BCUT2D eigenvalue weighted by molar-refractivity contribution is 0.467. The van der Waals surface area contributed by atoms with Crippen LogP contribution in [0, 0.1) is 10.7 Å². The van der Waals surface area contributed by atoms with Crippen molar-refractivity contribution in [3.8, 4) is 5.75 Å². The lowest BCUT2D eigenvalue weighted by Gasteiger charge is -2.05. The summed E-state index contributed by atoms with van der Waals surface area (Å²) in [6, 6.07) is 1.92. The van der Waals surface area contributed by atoms with Crippen molar-refractivity contribution >= 4 is 73.8 Å². The third-order valence-electron chi connectivity index (χ3n) is 1.38. The molecule has 0 aliphatic carbocycles. The summed E-state index contributed by atoms with van der Waals surface area (Å²) in [6.07, 6.45) is 1.80. The fraction of sp³-hybridized carbons (Fsp3) is 0. The highest BCUT2D eigenvalue weighted by molar-refractivity contribution is 14.1. The topological polar surface area (TPSA) is 20.2 Å². The van der Waals surface area contributed by atoms with Gasteiger partial charge in [-0.1, -0.05) is 12.7 Å². The molecule has 1 rings (SSSR count). The first-order chi connectivity index (χ1) is 5.57. The van der Waals surface area contributed by atoms with Crippen molar-refractivity contribution in [3.05, 3.63) is 28.9 Å². The van der Waals surface area contributed by atoms with E-state index in [1.807, 2.05) is 6.07 Å². The Morgan fingerprint density at radius 1 is 1.25 bits per heavy atom. The van der Waals surface area contributed by atoms with Gasteiger partial charge in [-0.05, 0) is 79.4 Å². The van der Waals surface area contributed by atoms with E-state index >= 15 is 0 Å². The fourth-order valence-electron chi connectivity index (χ4n) is 0.752. The first kappa shape index (κ1) is 11.0. The summed E-state index contributed by atoms with van der Waals surface area (Å²) in [6.45, 7) is 3.71. The smallest absolute Gasteiger partial charge is 0.143 e. The van der Waals surface area contributed by atoms with Crippen LogP contribution in [0.25, 0.3) is 6.08 Å². The van der Waals surface area contributed by atoms with Gasteiger partial charge in [0.25, 0.3) is 0 Å². The lowest BCUT2D eigenvalue weighted by Crippen LogP contribution is -1.89. The summed E-state index contributed by atoms with van der Waals surface area (Å²) in [5.74, 6) is 0.367. The summed E-state index contributed by atoms with van der Waals surface area (Å²) in [7, 11) is 0. The van der Waals surface area contributed by atoms with Crippen molar-refractivity contribution in [2.45, 2.75) is 0 Å². The molecule has 0 atom stereocenters. The van der Waals surface area contributed by atoms with Crippen LogP contribution in [-0.2, 0) is 0 Å². The molecule has 1 N–H and O–H groups in total. The van der Waals surface area contributed by atoms with E-state index in [4.69, 9.17) is 0 Å². The third kappa shape index (κ3) is 2.06. The van der Waals surface area contributed by atoms with Gasteiger partial charge in [-0.15, -0.1) is 0 Å². The molecule has 0 unspecified atom stereocenters. The van der Waals surface area contributed by atoms with Crippen molar-refractivity contribution < 1.29 is 5.11 Å². The third-order valence-corrected chi connectivity index (χ3v) is 5.45. The van der Waals surface area contributed by atoms with Crippen LogP contribution in [0.5, 0.6) is 5.75 Å². The normalized spacial score (nSPS) is 9.92. The number of phenolic OH excluding ortho intramolecular Hbond substituents is 1. The standard InChI is InChI=1S/C8H5I3O/c1-2-4-3-5(9)8(12)7(11)6(4)10/h2-3,12H,1H2. The lowest BCUT2D eigenvalue weighted by atomic mass is 10.2. The van der Waals surface area contributed by atoms with E-state index in [1.165, 1.54) is 0 Å². The fourth-order valence-corrected chi connectivity index (χ4v) is 3.11. The minimum absolute atomic E-state index is 0.367. The van der Waals surface area contributed by atoms with Crippen LogP contribution in [0.2, 0.25) is 0 Å². The Hall–Kier alpha value is 0.950. The van der Waals surface area contributed by atoms with Crippen LogP contribution in [-0.4, -0.2) is 5.11 Å². The molecule has 0 aromatic heterocycles. The molecule has 0 amide bonds. The molecule has 0 aliphatic rings. The Balaban J connectivity index is 3.49. The van der Waals surface area contributed by atoms with E-state index in [0.29, 0.717) is 5.75 Å². The number of benzene rings is 1. The number of phenols is 1. The van der Waals surface area contributed by atoms with E-state index in [0.717, 1.165) is 16.3 Å². The van der Waals surface area contributed by atoms with Gasteiger partial charge < -0.3 is 5.11 Å². The number of hydrogen-bond acceptors (Lipinski definition) is 1. The second kappa shape index (κ2) is 4.45. The van der Waals surface area contributed by atoms with Crippen molar-refractivity contribution in [1.29, 1.82) is 0 Å². The average molecular weight is 498 g/mol. The van der Waals surface area contributed by atoms with Crippen LogP contribution >= 0.6 is 67.8 Å². The molecule has 0 spiro atoms. The van der Waals surface area contributed by atoms with Crippen LogP contribution in [0.1, 0.15) is 5.56 Å². The van der Waals surface area contributed by atoms with Gasteiger partial charge in [0.2, 0.25) is 0 Å². The van der Waals surface area contributed by atoms with Crippen molar-refractivity contribution in [1.82, 2.24) is 0 Å². The summed E-state index contributed by atoms with van der Waals surface area (Å²) in [5.41, 5.74) is 1.07. The van der Waals surface area contributed by atoms with Crippen LogP contribution in [0.3, 0.4) is 0 Å². The molecule has 0 saturated carbocycles. The maximum atomic E-state index is 9.55. The summed E-state index contributed by atoms with van der Waals surface area (Å²) < 4.78 is 2.82. The van der Waals surface area contributed by atoms with Crippen LogP contribution in [0.4, 0.5) is 0 Å². The zero-order chi connectivity index (χ0) is 9.30. The zero-order valence-corrected chi connectivity index (χ0v) is 12.4. The highest BCUT2D eigenvalue weighted by atomic mass is 127. The number of aromatic hydroxyl groups is 1. The van der Waals surface area contributed by atoms with E-state index in [9.17, 15) is 5.11 Å². The second-order valence-electron chi connectivity index (χ2n) is 2.13. The van der Waals surface area contributed by atoms with Crippen molar-refractivity contribution in [2.24, 2.45) is 0 Å². The molecule has 4 heteroatoms. The largest absolute Gasteiger partial charge is 0.506 e. The SMILES string of the molecule is C=Cc1cc(I)c(O)c(I)c1I. The molecule has 1 nitrogen and oxygen atoms in total. The minimum Gasteiger partial charge on any atom is -0.506 e. The van der Waals surface area contributed by atoms with E-state index in [2.05, 4.69) is 74.4 Å². The monoisotopic (exact) mass is 498 g/mol. The highest BCUT2D eigenvalue weighted by Gasteiger charge is 2.09. The number of hydrogen-bond donors (Lipinski definition) is 1. The maximum absolute atomic E-state index is 9.55. The van der Waals surface area contributed by atoms with Gasteiger partial charge in [-0.25, -0.2) is 0 Å². The second-order valence-corrected chi connectivity index (χ2v) is 5.45. The first-order valence-electron chi connectivity index (χ1n) is 3.06. The van der Waals surface area contributed by atoms with Gasteiger partial charge in [0.1, 0.15) is 5.75 Å². The Kier molecular flexibility index (Phi) is 4.09. The Labute approximate surface area is 112 Å². The number of halogens is 3. The maximum Gasteiger partial charge on any atom is 0.143 e. The predicted molar refractivity (Wildman–Crippen MR) is 76.3 cm³/mol. The molecule has 0 heterocycles. The van der Waals surface area contributed by atoms with Gasteiger partial charge in [-0.2, -0.15) is 0 Å². The zero-order valence-electron chi connectivity index (χ0n) is 5.94. The van der Waals surface area contributed by atoms with E-state index in [-0.39, 0.29) is 0 Å². The molecule has 1 aromatic rings. The molecule has 0 bridgehead atoms. The molecule has 0 radical (unpaired) electrons. The molecular formula is C8H5I3O. The Morgan fingerprint density at radius 2 is 1.83 bits per heavy atom. The summed E-state index contributed by atoms with van der Waals surface area (Å²) in [5, 5.41) is 9.55. The van der Waals surface area contributed by atoms with Crippen molar-refractivity contribution in [3.63, 3.8) is 0 Å². The molecular weight excluding hydrogens is 493 g/mol. The molecule has 0 aliphatic heterocycles. The summed E-state index contributed by atoms with van der Waals surface area (Å²) >= 11 is 6.45. The molecule has 12 heavy (non-hydrogen) atoms. The average Bonchev–Trinajstić information content (AvgIpc) is 2.08. The van der Waals surface area contributed by atoms with Gasteiger partial charge in [-0.3, -0.25) is 0 Å². The van der Waals surface area contributed by atoms with Gasteiger partial charge >= 0.3 is 0 Å². The number of rotatable bonds is 1. The highest BCUT2D eigenvalue weighted by Crippen LogP contribution is 2.32. The molecule has 0 saturated heterocycles. The van der Waals surface area contributed by atoms with E-state index < -0.39 is 0 Å². The van der Waals surface area contributed by atoms with Gasteiger partial charge in [0.05, 0.1) is 7.14 Å². The Morgan fingerprint density at radius 3 is 2.33 bits per heavy atom. The predicted octanol–water partition coefficient (Wildman–Crippen LogP) is 3.85.